The standard InChI is InChI=1S/C18H21N5O2/c1-22-17-15(9-21-22)18(20-11-19-17)23(13-4-5-13)10-12-8-14(24-2)6-7-16(12)25-3/h6-9,11,13H,4-5,10H2,1-3H3. The minimum Gasteiger partial charge on any atom is -0.497 e. The molecule has 1 aromatic carbocycles. The van der Waals surface area contributed by atoms with Crippen molar-refractivity contribution in [2.75, 3.05) is 19.1 Å². The van der Waals surface area contributed by atoms with Crippen LogP contribution in [0.25, 0.3) is 11.0 Å². The van der Waals surface area contributed by atoms with Gasteiger partial charge in [-0.25, -0.2) is 9.97 Å². The third kappa shape index (κ3) is 2.86. The lowest BCUT2D eigenvalue weighted by atomic mass is 10.1. The summed E-state index contributed by atoms with van der Waals surface area (Å²) in [6.07, 6.45) is 5.77. The molecule has 2 heterocycles. The van der Waals surface area contributed by atoms with Gasteiger partial charge in [0, 0.05) is 25.2 Å². The van der Waals surface area contributed by atoms with Crippen LogP contribution in [-0.4, -0.2) is 40.0 Å². The molecule has 2 aromatic heterocycles. The van der Waals surface area contributed by atoms with Crippen LogP contribution in [0.4, 0.5) is 5.82 Å². The fraction of sp³-hybridized carbons (Fsp3) is 0.389. The van der Waals surface area contributed by atoms with E-state index in [0.717, 1.165) is 46.8 Å². The minimum atomic E-state index is 0.481. The van der Waals surface area contributed by atoms with Gasteiger partial charge in [0.1, 0.15) is 23.6 Å². The Bertz CT molecular complexity index is 904. The lowest BCUT2D eigenvalue weighted by Crippen LogP contribution is -2.26. The second kappa shape index (κ2) is 6.23. The Hall–Kier alpha value is -2.83. The van der Waals surface area contributed by atoms with Crippen molar-refractivity contribution in [3.8, 4) is 11.5 Å². The summed E-state index contributed by atoms with van der Waals surface area (Å²) in [4.78, 5) is 11.2. The van der Waals surface area contributed by atoms with Crippen molar-refractivity contribution in [1.82, 2.24) is 19.7 Å². The van der Waals surface area contributed by atoms with Crippen molar-refractivity contribution in [2.24, 2.45) is 7.05 Å². The molecule has 4 rings (SSSR count). The molecule has 0 radical (unpaired) electrons. The van der Waals surface area contributed by atoms with E-state index < -0.39 is 0 Å². The van der Waals surface area contributed by atoms with Gasteiger partial charge in [-0.3, -0.25) is 4.68 Å². The number of fused-ring (bicyclic) bond motifs is 1. The van der Waals surface area contributed by atoms with E-state index in [0.29, 0.717) is 12.6 Å². The van der Waals surface area contributed by atoms with E-state index in [2.05, 4.69) is 20.0 Å². The van der Waals surface area contributed by atoms with Crippen LogP contribution in [-0.2, 0) is 13.6 Å². The van der Waals surface area contributed by atoms with Crippen LogP contribution in [0.1, 0.15) is 18.4 Å². The van der Waals surface area contributed by atoms with E-state index in [1.54, 1.807) is 25.2 Å². The predicted molar refractivity (Wildman–Crippen MR) is 95.1 cm³/mol. The first kappa shape index (κ1) is 15.7. The summed E-state index contributed by atoms with van der Waals surface area (Å²) >= 11 is 0. The molecule has 0 atom stereocenters. The number of rotatable bonds is 6. The van der Waals surface area contributed by atoms with Gasteiger partial charge >= 0.3 is 0 Å². The molecule has 0 aliphatic heterocycles. The second-order valence-electron chi connectivity index (χ2n) is 6.24. The number of hydrogen-bond acceptors (Lipinski definition) is 6. The first-order valence-corrected chi connectivity index (χ1v) is 8.31. The molecule has 7 nitrogen and oxygen atoms in total. The fourth-order valence-electron chi connectivity index (χ4n) is 3.13. The van der Waals surface area contributed by atoms with E-state index in [-0.39, 0.29) is 0 Å². The number of benzene rings is 1. The number of aromatic nitrogens is 4. The summed E-state index contributed by atoms with van der Waals surface area (Å²) < 4.78 is 12.7. The highest BCUT2D eigenvalue weighted by molar-refractivity contribution is 5.87. The maximum Gasteiger partial charge on any atom is 0.163 e. The Balaban J connectivity index is 1.76. The van der Waals surface area contributed by atoms with E-state index in [9.17, 15) is 0 Å². The Morgan fingerprint density at radius 3 is 2.76 bits per heavy atom. The van der Waals surface area contributed by atoms with Crippen LogP contribution in [0.2, 0.25) is 0 Å². The zero-order chi connectivity index (χ0) is 17.4. The largest absolute Gasteiger partial charge is 0.497 e. The van der Waals surface area contributed by atoms with Crippen molar-refractivity contribution < 1.29 is 9.47 Å². The molecule has 1 aliphatic carbocycles. The molecule has 0 bridgehead atoms. The summed E-state index contributed by atoms with van der Waals surface area (Å²) in [6, 6.07) is 6.36. The number of nitrogens with zero attached hydrogens (tertiary/aromatic N) is 5. The van der Waals surface area contributed by atoms with Crippen LogP contribution >= 0.6 is 0 Å². The van der Waals surface area contributed by atoms with Gasteiger partial charge in [-0.15, -0.1) is 0 Å². The lowest BCUT2D eigenvalue weighted by Gasteiger charge is -2.25. The first-order valence-electron chi connectivity index (χ1n) is 8.31. The summed E-state index contributed by atoms with van der Waals surface area (Å²) in [5.41, 5.74) is 1.91. The number of ether oxygens (including phenoxy) is 2. The van der Waals surface area contributed by atoms with Crippen LogP contribution in [0, 0.1) is 0 Å². The van der Waals surface area contributed by atoms with Crippen molar-refractivity contribution >= 4 is 16.9 Å². The quantitative estimate of drug-likeness (QED) is 0.688. The van der Waals surface area contributed by atoms with Crippen LogP contribution in [0.5, 0.6) is 11.5 Å². The molecule has 25 heavy (non-hydrogen) atoms. The summed E-state index contributed by atoms with van der Waals surface area (Å²) in [6.45, 7) is 0.700. The van der Waals surface area contributed by atoms with E-state index >= 15 is 0 Å². The fourth-order valence-corrected chi connectivity index (χ4v) is 3.13. The molecule has 0 amide bonds. The Kier molecular flexibility index (Phi) is 3.91. The van der Waals surface area contributed by atoms with Crippen LogP contribution in [0.3, 0.4) is 0 Å². The zero-order valence-electron chi connectivity index (χ0n) is 14.6. The molecule has 3 aromatic rings. The number of methoxy groups -OCH3 is 2. The molecular weight excluding hydrogens is 318 g/mol. The summed E-state index contributed by atoms with van der Waals surface area (Å²) in [5.74, 6) is 2.59. The summed E-state index contributed by atoms with van der Waals surface area (Å²) in [7, 11) is 5.26. The highest BCUT2D eigenvalue weighted by atomic mass is 16.5. The second-order valence-corrected chi connectivity index (χ2v) is 6.24. The first-order chi connectivity index (χ1) is 12.2. The van der Waals surface area contributed by atoms with Gasteiger partial charge in [-0.05, 0) is 31.0 Å². The molecular formula is C18H21N5O2. The molecule has 1 aliphatic rings. The maximum atomic E-state index is 5.54. The lowest BCUT2D eigenvalue weighted by molar-refractivity contribution is 0.398. The van der Waals surface area contributed by atoms with Gasteiger partial charge in [0.25, 0.3) is 0 Å². The van der Waals surface area contributed by atoms with Crippen LogP contribution in [0.15, 0.2) is 30.7 Å². The smallest absolute Gasteiger partial charge is 0.163 e. The third-order valence-corrected chi connectivity index (χ3v) is 4.60. The molecule has 7 heteroatoms. The average Bonchev–Trinajstić information content (AvgIpc) is 3.42. The third-order valence-electron chi connectivity index (χ3n) is 4.60. The topological polar surface area (TPSA) is 65.3 Å². The van der Waals surface area contributed by atoms with Gasteiger partial charge in [0.2, 0.25) is 0 Å². The van der Waals surface area contributed by atoms with Crippen molar-refractivity contribution in [3.63, 3.8) is 0 Å². The molecule has 0 saturated heterocycles. The molecule has 130 valence electrons. The van der Waals surface area contributed by atoms with Crippen molar-refractivity contribution in [2.45, 2.75) is 25.4 Å². The number of aryl methyl sites for hydroxylation is 1. The number of anilines is 1. The zero-order valence-corrected chi connectivity index (χ0v) is 14.6. The summed E-state index contributed by atoms with van der Waals surface area (Å²) in [5, 5.41) is 5.30. The van der Waals surface area contributed by atoms with E-state index in [1.165, 1.54) is 0 Å². The van der Waals surface area contributed by atoms with Crippen molar-refractivity contribution in [3.05, 3.63) is 36.3 Å². The average molecular weight is 339 g/mol. The molecule has 0 unspecified atom stereocenters. The van der Waals surface area contributed by atoms with Gasteiger partial charge in [-0.2, -0.15) is 5.10 Å². The normalized spacial score (nSPS) is 13.9. The van der Waals surface area contributed by atoms with Crippen molar-refractivity contribution in [1.29, 1.82) is 0 Å². The van der Waals surface area contributed by atoms with Gasteiger partial charge in [0.05, 0.1) is 25.8 Å². The van der Waals surface area contributed by atoms with Gasteiger partial charge < -0.3 is 14.4 Å². The van der Waals surface area contributed by atoms with E-state index in [1.807, 2.05) is 31.4 Å². The highest BCUT2D eigenvalue weighted by Crippen LogP contribution is 2.36. The van der Waals surface area contributed by atoms with Gasteiger partial charge in [0.15, 0.2) is 5.65 Å². The maximum absolute atomic E-state index is 5.54. The molecule has 1 saturated carbocycles. The predicted octanol–water partition coefficient (Wildman–Crippen LogP) is 2.55. The molecule has 0 spiro atoms. The minimum absolute atomic E-state index is 0.481. The molecule has 1 fully saturated rings. The van der Waals surface area contributed by atoms with Gasteiger partial charge in [-0.1, -0.05) is 0 Å². The number of hydrogen-bond donors (Lipinski definition) is 0. The monoisotopic (exact) mass is 339 g/mol. The Morgan fingerprint density at radius 2 is 2.04 bits per heavy atom. The van der Waals surface area contributed by atoms with Crippen LogP contribution < -0.4 is 14.4 Å². The van der Waals surface area contributed by atoms with E-state index in [4.69, 9.17) is 9.47 Å². The highest BCUT2D eigenvalue weighted by Gasteiger charge is 2.32. The Morgan fingerprint density at radius 1 is 1.20 bits per heavy atom. The Labute approximate surface area is 146 Å². The molecule has 0 N–H and O–H groups in total. The SMILES string of the molecule is COc1ccc(OC)c(CN(c2ncnc3c2cnn3C)C2CC2)c1.